The maximum Gasteiger partial charge on any atom is 0.335 e. The molecular weight excluding hydrogens is 346 g/mol. The Morgan fingerprint density at radius 2 is 1.96 bits per heavy atom. The highest BCUT2D eigenvalue weighted by Gasteiger charge is 2.22. The molecule has 0 saturated carbocycles. The van der Waals surface area contributed by atoms with Crippen molar-refractivity contribution in [2.75, 3.05) is 5.73 Å². The van der Waals surface area contributed by atoms with Crippen molar-refractivity contribution in [3.05, 3.63) is 59.2 Å². The first kappa shape index (κ1) is 16.5. The van der Waals surface area contributed by atoms with Gasteiger partial charge in [0.05, 0.1) is 11.3 Å². The fraction of sp³-hybridized carbons (Fsp3) is 0.118. The summed E-state index contributed by atoms with van der Waals surface area (Å²) in [5.74, 6) is -1.32. The van der Waals surface area contributed by atoms with Crippen molar-refractivity contribution >= 4 is 42.9 Å². The number of thiophene rings is 1. The van der Waals surface area contributed by atoms with Gasteiger partial charge in [-0.15, -0.1) is 11.3 Å². The first-order chi connectivity index (χ1) is 11.3. The van der Waals surface area contributed by atoms with Gasteiger partial charge < -0.3 is 10.8 Å². The highest BCUT2D eigenvalue weighted by atomic mass is 32.2. The molecule has 0 unspecified atom stereocenters. The number of anilines is 1. The molecule has 0 aliphatic heterocycles. The van der Waals surface area contributed by atoms with Gasteiger partial charge in [-0.2, -0.15) is 0 Å². The van der Waals surface area contributed by atoms with Crippen LogP contribution in [0.3, 0.4) is 0 Å². The Bertz CT molecular complexity index is 1050. The zero-order chi connectivity index (χ0) is 17.5. The molecule has 0 saturated heterocycles. The number of nitrogen functional groups attached to an aromatic ring is 1. The number of benzene rings is 2. The van der Waals surface area contributed by atoms with Crippen LogP contribution in [0, 0.1) is 6.92 Å². The van der Waals surface area contributed by atoms with Crippen LogP contribution < -0.4 is 5.73 Å². The summed E-state index contributed by atoms with van der Waals surface area (Å²) in [6.45, 7) is 1.76. The third-order valence-corrected chi connectivity index (χ3v) is 7.39. The Kier molecular flexibility index (Phi) is 4.06. The molecule has 3 N–H and O–H groups in total. The first-order valence-electron chi connectivity index (χ1n) is 7.11. The summed E-state index contributed by atoms with van der Waals surface area (Å²) in [5, 5.41) is 9.86. The number of rotatable bonds is 4. The average Bonchev–Trinajstić information content (AvgIpc) is 2.85. The maximum absolute atomic E-state index is 12.8. The van der Waals surface area contributed by atoms with Crippen LogP contribution in [0.4, 0.5) is 5.69 Å². The molecule has 1 aromatic heterocycles. The summed E-state index contributed by atoms with van der Waals surface area (Å²) in [5.41, 5.74) is 7.56. The molecule has 0 amide bonds. The minimum Gasteiger partial charge on any atom is -0.478 e. The fourth-order valence-electron chi connectivity index (χ4n) is 2.59. The van der Waals surface area contributed by atoms with E-state index >= 15 is 0 Å². The van der Waals surface area contributed by atoms with E-state index < -0.39 is 15.8 Å². The first-order valence-corrected chi connectivity index (χ1v) is 9.58. The number of nitrogens with two attached hydrogens (primary N) is 1. The number of fused-ring (bicyclic) bond motifs is 1. The molecule has 0 radical (unpaired) electrons. The number of sulfone groups is 1. The minimum atomic E-state index is -3.58. The predicted molar refractivity (Wildman–Crippen MR) is 95.3 cm³/mol. The van der Waals surface area contributed by atoms with Crippen LogP contribution in [0.2, 0.25) is 0 Å². The molecule has 2 aromatic carbocycles. The summed E-state index contributed by atoms with van der Waals surface area (Å²) >= 11 is 1.21. The second kappa shape index (κ2) is 5.92. The lowest BCUT2D eigenvalue weighted by Crippen LogP contribution is -2.06. The molecule has 0 bridgehead atoms. The Balaban J connectivity index is 2.04. The van der Waals surface area contributed by atoms with Gasteiger partial charge in [-0.25, -0.2) is 13.2 Å². The Morgan fingerprint density at radius 3 is 2.67 bits per heavy atom. The van der Waals surface area contributed by atoms with Crippen molar-refractivity contribution < 1.29 is 18.3 Å². The van der Waals surface area contributed by atoms with E-state index in [1.54, 1.807) is 31.2 Å². The largest absolute Gasteiger partial charge is 0.478 e. The molecule has 24 heavy (non-hydrogen) atoms. The third kappa shape index (κ3) is 3.00. The second-order valence-corrected chi connectivity index (χ2v) is 8.77. The van der Waals surface area contributed by atoms with Crippen molar-refractivity contribution in [3.8, 4) is 0 Å². The van der Waals surface area contributed by atoms with E-state index in [4.69, 9.17) is 10.8 Å². The quantitative estimate of drug-likeness (QED) is 0.694. The van der Waals surface area contributed by atoms with Crippen LogP contribution in [0.15, 0.2) is 46.7 Å². The molecular formula is C17H15NO4S2. The zero-order valence-electron chi connectivity index (χ0n) is 12.8. The van der Waals surface area contributed by atoms with Crippen molar-refractivity contribution in [1.82, 2.24) is 0 Å². The molecule has 0 aliphatic rings. The summed E-state index contributed by atoms with van der Waals surface area (Å²) < 4.78 is 26.7. The van der Waals surface area contributed by atoms with Gasteiger partial charge in [-0.3, -0.25) is 0 Å². The van der Waals surface area contributed by atoms with Crippen LogP contribution >= 0.6 is 11.3 Å². The van der Waals surface area contributed by atoms with Crippen molar-refractivity contribution in [3.63, 3.8) is 0 Å². The molecule has 0 aliphatic carbocycles. The Labute approximate surface area is 143 Å². The predicted octanol–water partition coefficient (Wildman–Crippen LogP) is 3.46. The molecule has 0 spiro atoms. The number of aryl methyl sites for hydroxylation is 1. The lowest BCUT2D eigenvalue weighted by Gasteiger charge is -2.05. The normalized spacial score (nSPS) is 11.7. The van der Waals surface area contributed by atoms with Crippen LogP contribution in [-0.4, -0.2) is 19.5 Å². The number of aromatic carboxylic acids is 1. The average molecular weight is 361 g/mol. The van der Waals surface area contributed by atoms with Gasteiger partial charge in [0.25, 0.3) is 0 Å². The van der Waals surface area contributed by atoms with Gasteiger partial charge in [0.1, 0.15) is 4.21 Å². The SMILES string of the molecule is Cc1c(S(=O)(=O)Cc2cccc(C(=O)O)c2)sc2ccc(N)cc12. The number of carbonyl (C=O) groups is 1. The van der Waals surface area contributed by atoms with Crippen LogP contribution in [0.25, 0.3) is 10.1 Å². The van der Waals surface area contributed by atoms with Crippen LogP contribution in [0.1, 0.15) is 21.5 Å². The van der Waals surface area contributed by atoms with Gasteiger partial charge in [-0.1, -0.05) is 12.1 Å². The summed E-state index contributed by atoms with van der Waals surface area (Å²) in [7, 11) is -3.58. The molecule has 1 heterocycles. The van der Waals surface area contributed by atoms with Crippen LogP contribution in [0.5, 0.6) is 0 Å². The highest BCUT2D eigenvalue weighted by Crippen LogP contribution is 2.36. The summed E-state index contributed by atoms with van der Waals surface area (Å²) in [4.78, 5) is 11.0. The van der Waals surface area contributed by atoms with E-state index in [0.717, 1.165) is 10.1 Å². The van der Waals surface area contributed by atoms with Gasteiger partial charge in [0, 0.05) is 10.4 Å². The van der Waals surface area contributed by atoms with Crippen molar-refractivity contribution in [1.29, 1.82) is 0 Å². The van der Waals surface area contributed by atoms with Gasteiger partial charge >= 0.3 is 5.97 Å². The van der Waals surface area contributed by atoms with Crippen molar-refractivity contribution in [2.45, 2.75) is 16.9 Å². The fourth-order valence-corrected chi connectivity index (χ4v) is 5.79. The topological polar surface area (TPSA) is 97.5 Å². The second-order valence-electron chi connectivity index (χ2n) is 5.53. The molecule has 0 fully saturated rings. The number of carboxylic acids is 1. The molecule has 0 atom stereocenters. The molecule has 5 nitrogen and oxygen atoms in total. The lowest BCUT2D eigenvalue weighted by atomic mass is 10.1. The van der Waals surface area contributed by atoms with E-state index in [1.165, 1.54) is 23.5 Å². The Hall–Kier alpha value is -2.38. The van der Waals surface area contributed by atoms with Gasteiger partial charge in [-0.05, 0) is 53.8 Å². The minimum absolute atomic E-state index is 0.0727. The van der Waals surface area contributed by atoms with Gasteiger partial charge in [0.15, 0.2) is 9.84 Å². The number of hydrogen-bond acceptors (Lipinski definition) is 5. The maximum atomic E-state index is 12.8. The molecule has 7 heteroatoms. The van der Waals surface area contributed by atoms with E-state index in [-0.39, 0.29) is 11.3 Å². The zero-order valence-corrected chi connectivity index (χ0v) is 14.4. The standard InChI is InChI=1S/C17H15NO4S2/c1-10-14-8-13(18)5-6-15(14)23-17(10)24(21,22)9-11-3-2-4-12(7-11)16(19)20/h2-8H,9,18H2,1H3,(H,19,20). The highest BCUT2D eigenvalue weighted by molar-refractivity contribution is 7.93. The van der Waals surface area contributed by atoms with E-state index in [1.807, 2.05) is 6.07 Å². The molecule has 3 rings (SSSR count). The van der Waals surface area contributed by atoms with E-state index in [0.29, 0.717) is 21.0 Å². The van der Waals surface area contributed by atoms with E-state index in [2.05, 4.69) is 0 Å². The smallest absolute Gasteiger partial charge is 0.335 e. The van der Waals surface area contributed by atoms with E-state index in [9.17, 15) is 13.2 Å². The lowest BCUT2D eigenvalue weighted by molar-refractivity contribution is 0.0696. The molecule has 124 valence electrons. The van der Waals surface area contributed by atoms with Crippen molar-refractivity contribution in [2.24, 2.45) is 0 Å². The summed E-state index contributed by atoms with van der Waals surface area (Å²) in [6.07, 6.45) is 0. The summed E-state index contributed by atoms with van der Waals surface area (Å²) in [6, 6.07) is 11.3. The number of carboxylic acid groups (broad SMARTS) is 1. The monoisotopic (exact) mass is 361 g/mol. The van der Waals surface area contributed by atoms with Gasteiger partial charge in [0.2, 0.25) is 0 Å². The van der Waals surface area contributed by atoms with Crippen LogP contribution in [-0.2, 0) is 15.6 Å². The Morgan fingerprint density at radius 1 is 1.21 bits per heavy atom. The number of hydrogen-bond donors (Lipinski definition) is 2. The molecule has 3 aromatic rings. The third-order valence-electron chi connectivity index (χ3n) is 3.73.